The van der Waals surface area contributed by atoms with Crippen molar-refractivity contribution >= 4 is 29.5 Å². The van der Waals surface area contributed by atoms with Gasteiger partial charge in [-0.25, -0.2) is 0 Å². The molecule has 134 valence electrons. The topological polar surface area (TPSA) is 96.5 Å². The van der Waals surface area contributed by atoms with Crippen molar-refractivity contribution in [2.24, 2.45) is 0 Å². The molecule has 0 aliphatic heterocycles. The summed E-state index contributed by atoms with van der Waals surface area (Å²) in [6.07, 6.45) is 2.92. The van der Waals surface area contributed by atoms with E-state index < -0.39 is 11.8 Å². The van der Waals surface area contributed by atoms with Gasteiger partial charge in [-0.3, -0.25) is 25.2 Å². The van der Waals surface area contributed by atoms with Crippen molar-refractivity contribution < 1.29 is 19.1 Å². The molecule has 0 radical (unpaired) electrons. The molecule has 0 fully saturated rings. The van der Waals surface area contributed by atoms with E-state index in [1.165, 1.54) is 13.0 Å². The Morgan fingerprint density at radius 2 is 1.58 bits per heavy atom. The average molecular weight is 353 g/mol. The molecule has 7 heteroatoms. The van der Waals surface area contributed by atoms with E-state index in [2.05, 4.69) is 16.2 Å². The maximum absolute atomic E-state index is 12.0. The normalized spacial score (nSPS) is 10.2. The summed E-state index contributed by atoms with van der Waals surface area (Å²) in [5.41, 5.74) is 6.37. The molecule has 3 N–H and O–H groups in total. The molecule has 7 nitrogen and oxygen atoms in total. The Morgan fingerprint density at radius 3 is 2.15 bits per heavy atom. The SMILES string of the molecule is COc1ccc(C=CC(=O)NNC(=O)c2ccc(NC(C)=O)cc2)cc1. The molecule has 0 spiro atoms. The highest BCUT2D eigenvalue weighted by atomic mass is 16.5. The Bertz CT molecular complexity index is 812. The number of hydrazine groups is 1. The predicted molar refractivity (Wildman–Crippen MR) is 98.4 cm³/mol. The summed E-state index contributed by atoms with van der Waals surface area (Å²) in [6.45, 7) is 1.40. The minimum Gasteiger partial charge on any atom is -0.497 e. The monoisotopic (exact) mass is 353 g/mol. The molecule has 0 unspecified atom stereocenters. The van der Waals surface area contributed by atoms with Gasteiger partial charge in [0.25, 0.3) is 11.8 Å². The maximum Gasteiger partial charge on any atom is 0.269 e. The molecule has 0 atom stereocenters. The molecule has 0 aliphatic rings. The van der Waals surface area contributed by atoms with E-state index in [4.69, 9.17) is 4.74 Å². The van der Waals surface area contributed by atoms with E-state index in [1.807, 2.05) is 0 Å². The van der Waals surface area contributed by atoms with Crippen LogP contribution in [0.2, 0.25) is 0 Å². The fourth-order valence-corrected chi connectivity index (χ4v) is 2.03. The van der Waals surface area contributed by atoms with Gasteiger partial charge >= 0.3 is 0 Å². The average Bonchev–Trinajstić information content (AvgIpc) is 2.65. The fraction of sp³-hybridized carbons (Fsp3) is 0.105. The molecule has 26 heavy (non-hydrogen) atoms. The van der Waals surface area contributed by atoms with Gasteiger partial charge in [-0.1, -0.05) is 12.1 Å². The van der Waals surface area contributed by atoms with E-state index >= 15 is 0 Å². The van der Waals surface area contributed by atoms with Crippen molar-refractivity contribution in [3.8, 4) is 5.75 Å². The lowest BCUT2D eigenvalue weighted by Gasteiger charge is -2.06. The zero-order valence-corrected chi connectivity index (χ0v) is 14.4. The zero-order chi connectivity index (χ0) is 18.9. The molecule has 0 saturated carbocycles. The number of methoxy groups -OCH3 is 1. The molecule has 0 aromatic heterocycles. The number of benzene rings is 2. The van der Waals surface area contributed by atoms with Crippen molar-refractivity contribution in [3.05, 3.63) is 65.7 Å². The molecule has 0 saturated heterocycles. The van der Waals surface area contributed by atoms with E-state index in [9.17, 15) is 14.4 Å². The Morgan fingerprint density at radius 1 is 0.923 bits per heavy atom. The Hall–Kier alpha value is -3.61. The smallest absolute Gasteiger partial charge is 0.269 e. The molecular weight excluding hydrogens is 334 g/mol. The highest BCUT2D eigenvalue weighted by Crippen LogP contribution is 2.12. The van der Waals surface area contributed by atoms with Crippen LogP contribution < -0.4 is 20.9 Å². The second-order valence-electron chi connectivity index (χ2n) is 5.31. The quantitative estimate of drug-likeness (QED) is 0.567. The summed E-state index contributed by atoms with van der Waals surface area (Å²) < 4.78 is 5.06. The van der Waals surface area contributed by atoms with Crippen LogP contribution in [-0.4, -0.2) is 24.8 Å². The van der Waals surface area contributed by atoms with E-state index in [-0.39, 0.29) is 5.91 Å². The lowest BCUT2D eigenvalue weighted by Crippen LogP contribution is -2.40. The summed E-state index contributed by atoms with van der Waals surface area (Å²) in [6, 6.07) is 13.5. The summed E-state index contributed by atoms with van der Waals surface area (Å²) in [5.74, 6) is -0.406. The number of nitrogens with one attached hydrogen (secondary N) is 3. The van der Waals surface area contributed by atoms with Gasteiger partial charge in [0.05, 0.1) is 7.11 Å². The molecule has 3 amide bonds. The van der Waals surface area contributed by atoms with Crippen molar-refractivity contribution in [1.82, 2.24) is 10.9 Å². The van der Waals surface area contributed by atoms with Crippen LogP contribution in [0, 0.1) is 0 Å². The van der Waals surface area contributed by atoms with Crippen LogP contribution >= 0.6 is 0 Å². The van der Waals surface area contributed by atoms with E-state index in [0.29, 0.717) is 11.3 Å². The highest BCUT2D eigenvalue weighted by Gasteiger charge is 2.06. The first-order valence-electron chi connectivity index (χ1n) is 7.78. The molecule has 2 aromatic rings. The number of hydrogen-bond donors (Lipinski definition) is 3. The maximum atomic E-state index is 12.0. The summed E-state index contributed by atoms with van der Waals surface area (Å²) in [7, 11) is 1.58. The van der Waals surface area contributed by atoms with Crippen LogP contribution in [0.1, 0.15) is 22.8 Å². The number of hydrogen-bond acceptors (Lipinski definition) is 4. The second-order valence-corrected chi connectivity index (χ2v) is 5.31. The van der Waals surface area contributed by atoms with Crippen LogP contribution in [0.15, 0.2) is 54.6 Å². The van der Waals surface area contributed by atoms with Gasteiger partial charge in [0.1, 0.15) is 5.75 Å². The third kappa shape index (κ3) is 5.79. The van der Waals surface area contributed by atoms with Crippen molar-refractivity contribution in [3.63, 3.8) is 0 Å². The first kappa shape index (κ1) is 18.7. The third-order valence-electron chi connectivity index (χ3n) is 3.31. The van der Waals surface area contributed by atoms with Crippen LogP contribution in [0.3, 0.4) is 0 Å². The van der Waals surface area contributed by atoms with Crippen LogP contribution in [0.4, 0.5) is 5.69 Å². The van der Waals surface area contributed by atoms with Gasteiger partial charge in [0, 0.05) is 24.3 Å². The zero-order valence-electron chi connectivity index (χ0n) is 14.4. The number of ether oxygens (including phenoxy) is 1. The molecule has 2 aromatic carbocycles. The van der Waals surface area contributed by atoms with Crippen molar-refractivity contribution in [2.45, 2.75) is 6.92 Å². The van der Waals surface area contributed by atoms with Crippen LogP contribution in [-0.2, 0) is 9.59 Å². The molecule has 0 aliphatic carbocycles. The Labute approximate surface area is 151 Å². The number of anilines is 1. The van der Waals surface area contributed by atoms with Gasteiger partial charge in [0.2, 0.25) is 5.91 Å². The van der Waals surface area contributed by atoms with Gasteiger partial charge < -0.3 is 10.1 Å². The van der Waals surface area contributed by atoms with Crippen molar-refractivity contribution in [1.29, 1.82) is 0 Å². The lowest BCUT2D eigenvalue weighted by molar-refractivity contribution is -0.117. The Kier molecular flexibility index (Phi) is 6.50. The molecule has 0 bridgehead atoms. The second kappa shape index (κ2) is 9.03. The minimum atomic E-state index is -0.468. The van der Waals surface area contributed by atoms with E-state index in [1.54, 1.807) is 61.7 Å². The fourth-order valence-electron chi connectivity index (χ4n) is 2.03. The molecular formula is C19H19N3O4. The van der Waals surface area contributed by atoms with Crippen molar-refractivity contribution in [2.75, 3.05) is 12.4 Å². The molecule has 0 heterocycles. The van der Waals surface area contributed by atoms with Crippen LogP contribution in [0.25, 0.3) is 6.08 Å². The number of amides is 3. The van der Waals surface area contributed by atoms with Gasteiger partial charge in [-0.2, -0.15) is 0 Å². The first-order valence-corrected chi connectivity index (χ1v) is 7.78. The number of carbonyl (C=O) groups excluding carboxylic acids is 3. The van der Waals surface area contributed by atoms with Gasteiger partial charge in [-0.15, -0.1) is 0 Å². The summed E-state index contributed by atoms with van der Waals surface area (Å²) >= 11 is 0. The summed E-state index contributed by atoms with van der Waals surface area (Å²) in [5, 5.41) is 2.60. The number of carbonyl (C=O) groups is 3. The highest BCUT2D eigenvalue weighted by molar-refractivity contribution is 5.98. The predicted octanol–water partition coefficient (Wildman–Crippen LogP) is 2.13. The molecule has 2 rings (SSSR count). The third-order valence-corrected chi connectivity index (χ3v) is 3.31. The summed E-state index contributed by atoms with van der Waals surface area (Å²) in [4.78, 5) is 34.7. The Balaban J connectivity index is 1.84. The van der Waals surface area contributed by atoms with Crippen LogP contribution in [0.5, 0.6) is 5.75 Å². The number of rotatable bonds is 5. The first-order chi connectivity index (χ1) is 12.5. The lowest BCUT2D eigenvalue weighted by atomic mass is 10.2. The minimum absolute atomic E-state index is 0.196. The standard InChI is InChI=1S/C19H19N3O4/c1-13(23)20-16-8-6-15(7-9-16)19(25)22-21-18(24)12-5-14-3-10-17(26-2)11-4-14/h3-12H,1-2H3,(H,20,23)(H,21,24)(H,22,25). The van der Waals surface area contributed by atoms with Gasteiger partial charge in [-0.05, 0) is 48.0 Å². The van der Waals surface area contributed by atoms with Gasteiger partial charge in [0.15, 0.2) is 0 Å². The largest absolute Gasteiger partial charge is 0.497 e. The van der Waals surface area contributed by atoms with E-state index in [0.717, 1.165) is 11.3 Å².